The zero-order valence-electron chi connectivity index (χ0n) is 22.5. The molecule has 2 aromatic rings. The number of quaternary nitrogens is 2. The molecule has 2 fully saturated rings. The number of likely N-dealkylation sites (N-methyl/N-ethyl adjacent to an activating group) is 2. The van der Waals surface area contributed by atoms with Crippen molar-refractivity contribution in [3.05, 3.63) is 59.7 Å². The Morgan fingerprint density at radius 1 is 0.611 bits per heavy atom. The van der Waals surface area contributed by atoms with Crippen molar-refractivity contribution in [1.82, 2.24) is 0 Å². The number of benzene rings is 2. The van der Waals surface area contributed by atoms with Crippen LogP contribution in [-0.2, 0) is 0 Å². The van der Waals surface area contributed by atoms with E-state index in [1.807, 2.05) is 0 Å². The van der Waals surface area contributed by atoms with Crippen molar-refractivity contribution in [2.75, 3.05) is 53.4 Å². The fraction of sp³-hybridized carbons (Fsp3) is 0.600. The van der Waals surface area contributed by atoms with Crippen LogP contribution in [0.2, 0.25) is 0 Å². The predicted molar refractivity (Wildman–Crippen MR) is 140 cm³/mol. The van der Waals surface area contributed by atoms with Crippen molar-refractivity contribution in [3.63, 3.8) is 0 Å². The van der Waals surface area contributed by atoms with Crippen LogP contribution in [0.15, 0.2) is 48.5 Å². The van der Waals surface area contributed by atoms with Gasteiger partial charge in [0, 0.05) is 0 Å². The quantitative estimate of drug-likeness (QED) is 0.291. The first-order valence-electron chi connectivity index (χ1n) is 13.4. The molecule has 4 rings (SSSR count). The Balaban J connectivity index is 0.00000228. The third-order valence-corrected chi connectivity index (χ3v) is 8.80. The van der Waals surface area contributed by atoms with E-state index in [-0.39, 0.29) is 48.0 Å². The van der Waals surface area contributed by atoms with Crippen LogP contribution < -0.4 is 48.0 Å². The second-order valence-corrected chi connectivity index (χ2v) is 12.1. The Bertz CT molecular complexity index is 841. The molecule has 0 saturated carbocycles. The molecule has 4 nitrogen and oxygen atoms in total. The number of nitrogens with zero attached hydrogens (tertiary/aromatic N) is 2. The number of halogens is 2. The summed E-state index contributed by atoms with van der Waals surface area (Å²) in [5.41, 5.74) is 4.30. The van der Waals surface area contributed by atoms with Crippen molar-refractivity contribution in [2.24, 2.45) is 11.8 Å². The largest absolute Gasteiger partial charge is 1.00 e. The van der Waals surface area contributed by atoms with Crippen molar-refractivity contribution >= 4 is 0 Å². The van der Waals surface area contributed by atoms with Crippen LogP contribution in [-0.4, -0.2) is 72.5 Å². The summed E-state index contributed by atoms with van der Waals surface area (Å²) in [6, 6.07) is 16.8. The van der Waals surface area contributed by atoms with Crippen LogP contribution in [0.3, 0.4) is 0 Å². The second-order valence-electron chi connectivity index (χ2n) is 12.1. The zero-order valence-corrected chi connectivity index (χ0v) is 26.9. The molecular weight excluding hydrogens is 674 g/mol. The van der Waals surface area contributed by atoms with Gasteiger partial charge in [0.1, 0.15) is 25.3 Å². The molecule has 0 amide bonds. The zero-order chi connectivity index (χ0) is 24.3. The Labute approximate surface area is 253 Å². The van der Waals surface area contributed by atoms with Crippen molar-refractivity contribution in [1.29, 1.82) is 0 Å². The van der Waals surface area contributed by atoms with Crippen LogP contribution in [0.4, 0.5) is 0 Å². The summed E-state index contributed by atoms with van der Waals surface area (Å²) in [6.07, 6.45) is 4.17. The maximum Gasteiger partial charge on any atom is 0.128 e. The molecular formula is C30H46I2N2O2. The molecule has 2 aliphatic rings. The summed E-state index contributed by atoms with van der Waals surface area (Å²) in [5.74, 6) is 1.63. The molecule has 0 aliphatic carbocycles. The minimum Gasteiger partial charge on any atom is -1.00 e. The monoisotopic (exact) mass is 720 g/mol. The number of aliphatic hydroxyl groups excluding tert-OH is 2. The third kappa shape index (κ3) is 8.37. The summed E-state index contributed by atoms with van der Waals surface area (Å²) in [6.45, 7) is 10.9. The number of aliphatic hydroxyl groups is 2. The molecule has 2 aliphatic heterocycles. The van der Waals surface area contributed by atoms with Crippen molar-refractivity contribution in [3.8, 4) is 11.1 Å². The lowest BCUT2D eigenvalue weighted by Gasteiger charge is -2.41. The average molecular weight is 721 g/mol. The summed E-state index contributed by atoms with van der Waals surface area (Å²) in [7, 11) is 4.57. The fourth-order valence-electron chi connectivity index (χ4n) is 5.85. The first-order chi connectivity index (χ1) is 16.1. The number of hydrogen-bond donors (Lipinski definition) is 2. The molecule has 2 aromatic carbocycles. The van der Waals surface area contributed by atoms with Crippen LogP contribution in [0, 0.1) is 11.8 Å². The van der Waals surface area contributed by atoms with E-state index in [1.165, 1.54) is 25.7 Å². The van der Waals surface area contributed by atoms with Gasteiger partial charge in [-0.05, 0) is 59.8 Å². The van der Waals surface area contributed by atoms with E-state index in [1.54, 1.807) is 0 Å². The normalized spacial score (nSPS) is 29.9. The predicted octanol–water partition coefficient (Wildman–Crippen LogP) is -0.819. The van der Waals surface area contributed by atoms with Gasteiger partial charge in [0.15, 0.2) is 0 Å². The Hall–Kier alpha value is -0.260. The van der Waals surface area contributed by atoms with Crippen LogP contribution in [0.25, 0.3) is 11.1 Å². The molecule has 36 heavy (non-hydrogen) atoms. The van der Waals surface area contributed by atoms with Crippen LogP contribution >= 0.6 is 0 Å². The molecule has 2 heterocycles. The van der Waals surface area contributed by atoms with Crippen molar-refractivity contribution in [2.45, 2.75) is 51.7 Å². The van der Waals surface area contributed by atoms with Gasteiger partial charge in [-0.15, -0.1) is 0 Å². The lowest BCUT2D eigenvalue weighted by Crippen LogP contribution is -3.00. The topological polar surface area (TPSA) is 40.5 Å². The van der Waals surface area contributed by atoms with Gasteiger partial charge in [-0.25, -0.2) is 0 Å². The number of piperidine rings is 2. The van der Waals surface area contributed by atoms with Gasteiger partial charge in [0.2, 0.25) is 0 Å². The van der Waals surface area contributed by atoms with Gasteiger partial charge in [-0.2, -0.15) is 0 Å². The Morgan fingerprint density at radius 3 is 1.17 bits per heavy atom. The fourth-order valence-corrected chi connectivity index (χ4v) is 5.85. The average Bonchev–Trinajstić information content (AvgIpc) is 2.83. The summed E-state index contributed by atoms with van der Waals surface area (Å²) in [4.78, 5) is 0. The molecule has 2 N–H and O–H groups in total. The Kier molecular flexibility index (Phi) is 12.2. The second kappa shape index (κ2) is 13.7. The molecule has 202 valence electrons. The standard InChI is InChI=1S/C30H46N2O2.2HI/c1-23-13-17-31(3,18-14-23)21-29(33)27-9-5-25(6-10-27)26-7-11-28(12-8-26)30(34)22-32(4)19-15-24(2)16-20-32;;/h5-12,23-24,29-30,33-34H,13-22H2,1-4H3;2*1H/q+2;;/p-2. The summed E-state index contributed by atoms with van der Waals surface area (Å²) < 4.78 is 1.93. The number of rotatable bonds is 7. The van der Waals surface area contributed by atoms with Gasteiger partial charge in [-0.1, -0.05) is 62.4 Å². The van der Waals surface area contributed by atoms with Crippen LogP contribution in [0.1, 0.15) is 62.9 Å². The van der Waals surface area contributed by atoms with Gasteiger partial charge in [0.25, 0.3) is 0 Å². The van der Waals surface area contributed by atoms with E-state index in [2.05, 4.69) is 76.5 Å². The summed E-state index contributed by atoms with van der Waals surface area (Å²) in [5, 5.41) is 21.8. The molecule has 0 spiro atoms. The maximum atomic E-state index is 10.9. The van der Waals surface area contributed by atoms with Gasteiger partial charge >= 0.3 is 0 Å². The lowest BCUT2D eigenvalue weighted by atomic mass is 9.95. The molecule has 0 radical (unpaired) electrons. The van der Waals surface area contributed by atoms with Gasteiger partial charge in [0.05, 0.1) is 40.3 Å². The van der Waals surface area contributed by atoms with Crippen LogP contribution in [0.5, 0.6) is 0 Å². The van der Waals surface area contributed by atoms with Gasteiger partial charge < -0.3 is 67.1 Å². The highest BCUT2D eigenvalue weighted by Gasteiger charge is 2.32. The third-order valence-electron chi connectivity index (χ3n) is 8.80. The van der Waals surface area contributed by atoms with E-state index in [0.29, 0.717) is 0 Å². The SMILES string of the molecule is CC1CC[N+](C)(CC(O)c2ccc(-c3ccc(C(O)C[N+]4(C)CCC(C)CC4)cc3)cc2)CC1.[I-].[I-]. The van der Waals surface area contributed by atoms with E-state index in [9.17, 15) is 10.2 Å². The Morgan fingerprint density at radius 2 is 0.889 bits per heavy atom. The molecule has 2 unspecified atom stereocenters. The first kappa shape index (κ1) is 32.0. The number of likely N-dealkylation sites (tertiary alicyclic amines) is 2. The first-order valence-corrected chi connectivity index (χ1v) is 13.4. The maximum absolute atomic E-state index is 10.9. The summed E-state index contributed by atoms with van der Waals surface area (Å²) >= 11 is 0. The van der Waals surface area contributed by atoms with E-state index in [4.69, 9.17) is 0 Å². The highest BCUT2D eigenvalue weighted by molar-refractivity contribution is 5.64. The molecule has 2 saturated heterocycles. The minimum absolute atomic E-state index is 0. The van der Waals surface area contributed by atoms with Crippen molar-refractivity contribution < 1.29 is 67.1 Å². The molecule has 6 heteroatoms. The molecule has 0 aromatic heterocycles. The smallest absolute Gasteiger partial charge is 0.128 e. The molecule has 2 atom stereocenters. The minimum atomic E-state index is -0.424. The molecule has 0 bridgehead atoms. The lowest BCUT2D eigenvalue weighted by molar-refractivity contribution is -0.918. The van der Waals surface area contributed by atoms with E-state index >= 15 is 0 Å². The van der Waals surface area contributed by atoms with E-state index < -0.39 is 12.2 Å². The highest BCUT2D eigenvalue weighted by Crippen LogP contribution is 2.29. The number of hydrogen-bond acceptors (Lipinski definition) is 2. The van der Waals surface area contributed by atoms with Gasteiger partial charge in [-0.3, -0.25) is 0 Å². The highest BCUT2D eigenvalue weighted by atomic mass is 127. The van der Waals surface area contributed by atoms with E-state index in [0.717, 1.165) is 82.3 Å².